The zero-order chi connectivity index (χ0) is 26.7. The third-order valence-electron chi connectivity index (χ3n) is 6.66. The quantitative estimate of drug-likeness (QED) is 0.417. The van der Waals surface area contributed by atoms with Gasteiger partial charge < -0.3 is 15.4 Å². The van der Waals surface area contributed by atoms with Crippen molar-refractivity contribution in [3.8, 4) is 18.6 Å². The van der Waals surface area contributed by atoms with Gasteiger partial charge >= 0.3 is 0 Å². The van der Waals surface area contributed by atoms with Crippen LogP contribution in [0.3, 0.4) is 0 Å². The summed E-state index contributed by atoms with van der Waals surface area (Å²) in [5, 5.41) is 9.75. The summed E-state index contributed by atoms with van der Waals surface area (Å²) in [4.78, 5) is 26.6. The van der Waals surface area contributed by atoms with Gasteiger partial charge in [-0.05, 0) is 48.4 Å². The van der Waals surface area contributed by atoms with E-state index in [-0.39, 0.29) is 17.8 Å². The molecule has 0 unspecified atom stereocenters. The number of fused-ring (bicyclic) bond motifs is 4. The first-order valence-electron chi connectivity index (χ1n) is 11.9. The lowest BCUT2D eigenvalue weighted by Gasteiger charge is -2.43. The Labute approximate surface area is 218 Å². The molecule has 37 heavy (non-hydrogen) atoms. The number of hydrogen-bond acceptors (Lipinski definition) is 5. The van der Waals surface area contributed by atoms with E-state index in [4.69, 9.17) is 0 Å². The summed E-state index contributed by atoms with van der Waals surface area (Å²) >= 11 is 1.57. The highest BCUT2D eigenvalue weighted by molar-refractivity contribution is 7.98. The van der Waals surface area contributed by atoms with Gasteiger partial charge in [0.2, 0.25) is 5.43 Å². The van der Waals surface area contributed by atoms with E-state index < -0.39 is 22.8 Å². The Hall–Kier alpha value is -3.77. The number of terminal acetylenes is 1. The highest BCUT2D eigenvalue weighted by Gasteiger charge is 2.37. The molecule has 1 amide bonds. The molecule has 4 heterocycles. The van der Waals surface area contributed by atoms with Gasteiger partial charge in [0.15, 0.2) is 23.1 Å². The van der Waals surface area contributed by atoms with Gasteiger partial charge in [-0.15, -0.1) is 24.6 Å². The Morgan fingerprint density at radius 1 is 1.05 bits per heavy atom. The number of amides is 1. The second-order valence-corrected chi connectivity index (χ2v) is 10.1. The number of aromatic hydroxyl groups is 1. The van der Waals surface area contributed by atoms with Crippen molar-refractivity contribution in [2.45, 2.75) is 43.0 Å². The van der Waals surface area contributed by atoms with Crippen LogP contribution in [0.4, 0.5) is 8.78 Å². The zero-order valence-electron chi connectivity index (χ0n) is 20.3. The van der Waals surface area contributed by atoms with Gasteiger partial charge in [-0.25, -0.2) is 8.78 Å². The van der Waals surface area contributed by atoms with E-state index in [1.54, 1.807) is 22.7 Å². The second-order valence-electron chi connectivity index (χ2n) is 9.10. The molecule has 0 bridgehead atoms. The maximum absolute atomic E-state index is 13.7. The lowest BCUT2D eigenvalue weighted by molar-refractivity contribution is 0.0503. The molecule has 192 valence electrons. The molecule has 1 aromatic heterocycles. The average molecular weight is 524 g/mol. The van der Waals surface area contributed by atoms with Gasteiger partial charge in [-0.2, -0.15) is 0 Å². The molecule has 6 rings (SSSR count). The van der Waals surface area contributed by atoms with Crippen LogP contribution in [0, 0.1) is 30.4 Å². The summed E-state index contributed by atoms with van der Waals surface area (Å²) in [5.74, 6) is -1.27. The largest absolute Gasteiger partial charge is 0.502 e. The number of pyridine rings is 1. The molecule has 0 aliphatic carbocycles. The molecule has 3 aliphatic heterocycles. The van der Waals surface area contributed by atoms with Crippen molar-refractivity contribution in [1.29, 1.82) is 0 Å². The van der Waals surface area contributed by atoms with E-state index in [2.05, 4.69) is 25.2 Å². The first-order valence-corrected chi connectivity index (χ1v) is 12.8. The topological polar surface area (TPSA) is 74.6 Å². The number of thioether (sulfide) groups is 1. The van der Waals surface area contributed by atoms with Crippen molar-refractivity contribution >= 4 is 17.7 Å². The predicted molar refractivity (Wildman–Crippen MR) is 140 cm³/mol. The van der Waals surface area contributed by atoms with Gasteiger partial charge in [0.1, 0.15) is 6.17 Å². The molecule has 6 nitrogen and oxygen atoms in total. The molecular weight excluding hydrogens is 496 g/mol. The zero-order valence-corrected chi connectivity index (χ0v) is 21.1. The van der Waals surface area contributed by atoms with Crippen molar-refractivity contribution in [3.05, 3.63) is 92.9 Å². The number of benzene rings is 2. The summed E-state index contributed by atoms with van der Waals surface area (Å²) in [6.45, 7) is 2.75. The molecule has 0 radical (unpaired) electrons. The maximum Gasteiger partial charge on any atom is 0.278 e. The Morgan fingerprint density at radius 3 is 2.59 bits per heavy atom. The Kier molecular flexibility index (Phi) is 7.89. The van der Waals surface area contributed by atoms with Gasteiger partial charge in [-0.3, -0.25) is 14.3 Å². The molecule has 3 aliphatic rings. The highest BCUT2D eigenvalue weighted by atomic mass is 32.2. The van der Waals surface area contributed by atoms with E-state index in [1.807, 2.05) is 24.3 Å². The van der Waals surface area contributed by atoms with E-state index in [1.165, 1.54) is 28.6 Å². The van der Waals surface area contributed by atoms with Crippen LogP contribution in [0.15, 0.2) is 58.4 Å². The Bertz CT molecular complexity index is 1410. The Balaban J connectivity index is 0.000000162. The van der Waals surface area contributed by atoms with E-state index >= 15 is 0 Å². The Morgan fingerprint density at radius 2 is 1.81 bits per heavy atom. The standard InChI is InChI=1S/C14H10F2S.C12H15N3O3.C2H2/c15-12-6-5-9-7-10-3-1-2-4-13(10)17-8-11(9)14(12)16;1-7-2-3-9-13-15-5-4-8(16)11(17)10(15)12(18)14(9)6-7;1-2/h1-6H,7-8H2;4-5,7,9,13,17H,2-3,6H2,1H3;1-2H/t;7-,9-;/m.0./s1. The molecule has 2 N–H and O–H groups in total. The first kappa shape index (κ1) is 26.3. The normalized spacial score (nSPS) is 19.2. The average Bonchev–Trinajstić information content (AvgIpc) is 3.10. The number of piperidine rings is 1. The van der Waals surface area contributed by atoms with Crippen LogP contribution in [0.5, 0.6) is 5.75 Å². The molecule has 1 saturated heterocycles. The van der Waals surface area contributed by atoms with Crippen LogP contribution in [0.25, 0.3) is 0 Å². The summed E-state index contributed by atoms with van der Waals surface area (Å²) < 4.78 is 28.3. The van der Waals surface area contributed by atoms with Crippen molar-refractivity contribution in [2.24, 2.45) is 5.92 Å². The molecule has 9 heteroatoms. The summed E-state index contributed by atoms with van der Waals surface area (Å²) in [5.41, 5.74) is 5.23. The van der Waals surface area contributed by atoms with Crippen LogP contribution in [-0.2, 0) is 12.2 Å². The van der Waals surface area contributed by atoms with Crippen LogP contribution < -0.4 is 10.9 Å². The summed E-state index contributed by atoms with van der Waals surface area (Å²) in [7, 11) is 0. The minimum Gasteiger partial charge on any atom is -0.502 e. The fourth-order valence-electron chi connectivity index (χ4n) is 4.75. The number of carbonyl (C=O) groups is 1. The molecule has 0 spiro atoms. The van der Waals surface area contributed by atoms with Gasteiger partial charge in [0.05, 0.1) is 0 Å². The van der Waals surface area contributed by atoms with Crippen molar-refractivity contribution in [2.75, 3.05) is 12.0 Å². The van der Waals surface area contributed by atoms with Gasteiger partial charge in [0.25, 0.3) is 5.91 Å². The first-order chi connectivity index (χ1) is 17.8. The number of nitrogens with zero attached hydrogens (tertiary/aromatic N) is 2. The number of nitrogens with one attached hydrogen (secondary N) is 1. The number of aromatic nitrogens is 1. The van der Waals surface area contributed by atoms with E-state index in [0.717, 1.165) is 23.3 Å². The van der Waals surface area contributed by atoms with Gasteiger partial charge in [0, 0.05) is 35.0 Å². The van der Waals surface area contributed by atoms with E-state index in [0.29, 0.717) is 30.2 Å². The lowest BCUT2D eigenvalue weighted by Crippen LogP contribution is -2.57. The fourth-order valence-corrected chi connectivity index (χ4v) is 5.86. The van der Waals surface area contributed by atoms with Crippen molar-refractivity contribution in [1.82, 2.24) is 9.58 Å². The third-order valence-corrected chi connectivity index (χ3v) is 7.80. The predicted octanol–water partition coefficient (Wildman–Crippen LogP) is 4.72. The smallest absolute Gasteiger partial charge is 0.278 e. The van der Waals surface area contributed by atoms with Crippen molar-refractivity contribution < 1.29 is 18.7 Å². The van der Waals surface area contributed by atoms with Crippen LogP contribution >= 0.6 is 11.8 Å². The number of carbonyl (C=O) groups excluding carboxylic acids is 1. The van der Waals surface area contributed by atoms with E-state index in [9.17, 15) is 23.5 Å². The van der Waals surface area contributed by atoms with Crippen LogP contribution in [0.1, 0.15) is 46.9 Å². The number of hydrogen-bond donors (Lipinski definition) is 2. The SMILES string of the molecule is C#C.C[C@H]1CC[C@H]2Nn3ccc(=O)c(O)c3C(=O)N2C1.Fc1ccc2c(c1F)CSc1ccccc1C2. The fraction of sp³-hybridized carbons (Fsp3) is 0.286. The lowest BCUT2D eigenvalue weighted by atomic mass is 9.97. The second kappa shape index (κ2) is 11.1. The third kappa shape index (κ3) is 5.20. The number of halogens is 2. The molecule has 2 atom stereocenters. The molecule has 0 saturated carbocycles. The number of rotatable bonds is 0. The van der Waals surface area contributed by atoms with Crippen LogP contribution in [-0.4, -0.2) is 33.3 Å². The molecule has 2 aromatic carbocycles. The van der Waals surface area contributed by atoms with Gasteiger partial charge in [-0.1, -0.05) is 31.2 Å². The molecule has 3 aromatic rings. The van der Waals surface area contributed by atoms with Crippen molar-refractivity contribution in [3.63, 3.8) is 0 Å². The monoisotopic (exact) mass is 523 g/mol. The molecule has 1 fully saturated rings. The summed E-state index contributed by atoms with van der Waals surface area (Å²) in [6.07, 6.45) is 12.0. The minimum absolute atomic E-state index is 0.0350. The van der Waals surface area contributed by atoms with Crippen LogP contribution in [0.2, 0.25) is 0 Å². The summed E-state index contributed by atoms with van der Waals surface area (Å²) in [6, 6.07) is 12.2. The maximum atomic E-state index is 13.7. The molecular formula is C28H27F2N3O3S. The minimum atomic E-state index is -0.754. The highest BCUT2D eigenvalue weighted by Crippen LogP contribution is 2.35.